The summed E-state index contributed by atoms with van der Waals surface area (Å²) in [6.07, 6.45) is 1.28. The molecule has 98 valence electrons. The monoisotopic (exact) mass is 261 g/mol. The third kappa shape index (κ3) is 3.12. The first-order valence-electron chi connectivity index (χ1n) is 5.48. The molecule has 0 saturated heterocycles. The molecule has 0 aliphatic carbocycles. The molecule has 2 N–H and O–H groups in total. The van der Waals surface area contributed by atoms with Gasteiger partial charge in [-0.05, 0) is 25.1 Å². The van der Waals surface area contributed by atoms with Gasteiger partial charge in [-0.1, -0.05) is 0 Å². The van der Waals surface area contributed by atoms with Gasteiger partial charge in [0.2, 0.25) is 0 Å². The quantitative estimate of drug-likeness (QED) is 0.646. The summed E-state index contributed by atoms with van der Waals surface area (Å²) in [5.41, 5.74) is 0.424. The molecule has 1 aromatic carbocycles. The maximum atomic E-state index is 11.5. The van der Waals surface area contributed by atoms with Gasteiger partial charge in [0.15, 0.2) is 0 Å². The molecule has 1 aromatic heterocycles. The molecule has 19 heavy (non-hydrogen) atoms. The number of carbonyl (C=O) groups is 1. The second kappa shape index (κ2) is 5.71. The van der Waals surface area contributed by atoms with E-state index in [-0.39, 0.29) is 29.6 Å². The van der Waals surface area contributed by atoms with Gasteiger partial charge in [-0.15, -0.1) is 10.2 Å². The van der Waals surface area contributed by atoms with Crippen molar-refractivity contribution in [2.75, 3.05) is 6.61 Å². The Bertz CT molecular complexity index is 594. The number of hydrogen-bond donors (Lipinski definition) is 2. The van der Waals surface area contributed by atoms with Gasteiger partial charge in [0, 0.05) is 0 Å². The second-order valence-corrected chi connectivity index (χ2v) is 3.43. The number of benzene rings is 1. The zero-order valence-corrected chi connectivity index (χ0v) is 10.1. The third-order valence-corrected chi connectivity index (χ3v) is 2.14. The van der Waals surface area contributed by atoms with E-state index in [4.69, 9.17) is 4.74 Å². The summed E-state index contributed by atoms with van der Waals surface area (Å²) >= 11 is 0. The van der Waals surface area contributed by atoms with Gasteiger partial charge in [-0.2, -0.15) is 10.1 Å². The highest BCUT2D eigenvalue weighted by molar-refractivity contribution is 5.90. The molecule has 0 unspecified atom stereocenters. The molecular weight excluding hydrogens is 250 g/mol. The summed E-state index contributed by atoms with van der Waals surface area (Å²) in [7, 11) is 0. The Balaban J connectivity index is 2.24. The lowest BCUT2D eigenvalue weighted by atomic mass is 10.2. The minimum atomic E-state index is -0.487. The lowest BCUT2D eigenvalue weighted by molar-refractivity contribution is 0.0526. The third-order valence-electron chi connectivity index (χ3n) is 2.14. The standard InChI is InChI=1S/C11H11N5O3/c1-2-19-10(18)7-3-4-9(17)8(5-7)14-16-11-12-6-13-15-11/h3-6,17H,2H2,1H3,(H,12,13,15). The lowest BCUT2D eigenvalue weighted by Crippen LogP contribution is -2.03. The van der Waals surface area contributed by atoms with Crippen LogP contribution in [0.15, 0.2) is 34.8 Å². The van der Waals surface area contributed by atoms with Crippen molar-refractivity contribution in [3.8, 4) is 5.75 Å². The maximum Gasteiger partial charge on any atom is 0.338 e. The zero-order valence-electron chi connectivity index (χ0n) is 10.1. The molecule has 0 saturated carbocycles. The average molecular weight is 261 g/mol. The number of aromatic hydroxyl groups is 1. The van der Waals surface area contributed by atoms with Crippen molar-refractivity contribution in [2.45, 2.75) is 6.92 Å². The highest BCUT2D eigenvalue weighted by atomic mass is 16.5. The Morgan fingerprint density at radius 3 is 3.00 bits per heavy atom. The van der Waals surface area contributed by atoms with E-state index in [0.29, 0.717) is 0 Å². The van der Waals surface area contributed by atoms with E-state index >= 15 is 0 Å². The number of rotatable bonds is 4. The molecule has 2 aromatic rings. The van der Waals surface area contributed by atoms with Gasteiger partial charge >= 0.3 is 5.97 Å². The number of carbonyl (C=O) groups excluding carboxylic acids is 1. The number of nitrogens with one attached hydrogen (secondary N) is 1. The molecule has 8 heteroatoms. The van der Waals surface area contributed by atoms with E-state index in [0.717, 1.165) is 0 Å². The molecule has 0 fully saturated rings. The fourth-order valence-corrected chi connectivity index (χ4v) is 1.29. The van der Waals surface area contributed by atoms with Gasteiger partial charge in [-0.3, -0.25) is 0 Å². The predicted octanol–water partition coefficient (Wildman–Crippen LogP) is 2.10. The lowest BCUT2D eigenvalue weighted by Gasteiger charge is -2.03. The van der Waals surface area contributed by atoms with Gasteiger partial charge < -0.3 is 9.84 Å². The highest BCUT2D eigenvalue weighted by Gasteiger charge is 2.10. The first kappa shape index (κ1) is 12.7. The van der Waals surface area contributed by atoms with Crippen LogP contribution in [0, 0.1) is 0 Å². The predicted molar refractivity (Wildman–Crippen MR) is 64.6 cm³/mol. The van der Waals surface area contributed by atoms with Crippen LogP contribution in [0.1, 0.15) is 17.3 Å². The number of H-pyrrole nitrogens is 1. The Morgan fingerprint density at radius 1 is 1.47 bits per heavy atom. The summed E-state index contributed by atoms with van der Waals surface area (Å²) in [5, 5.41) is 23.2. The largest absolute Gasteiger partial charge is 0.506 e. The first-order valence-corrected chi connectivity index (χ1v) is 5.48. The van der Waals surface area contributed by atoms with E-state index in [9.17, 15) is 9.90 Å². The number of esters is 1. The number of aromatic amines is 1. The van der Waals surface area contributed by atoms with E-state index in [1.807, 2.05) is 0 Å². The number of hydrogen-bond acceptors (Lipinski definition) is 7. The van der Waals surface area contributed by atoms with Crippen molar-refractivity contribution in [1.82, 2.24) is 15.2 Å². The topological polar surface area (TPSA) is 113 Å². The summed E-state index contributed by atoms with van der Waals surface area (Å²) < 4.78 is 4.85. The molecule has 0 spiro atoms. The van der Waals surface area contributed by atoms with Crippen LogP contribution in [0.4, 0.5) is 11.6 Å². The van der Waals surface area contributed by atoms with Gasteiger partial charge in [-0.25, -0.2) is 9.89 Å². The van der Waals surface area contributed by atoms with Gasteiger partial charge in [0.25, 0.3) is 5.95 Å². The Hall–Kier alpha value is -2.77. The van der Waals surface area contributed by atoms with Crippen molar-refractivity contribution in [3.05, 3.63) is 30.1 Å². The molecule has 0 radical (unpaired) electrons. The van der Waals surface area contributed by atoms with Crippen LogP contribution in [0.5, 0.6) is 5.75 Å². The van der Waals surface area contributed by atoms with Crippen LogP contribution in [0.2, 0.25) is 0 Å². The molecule has 0 aliphatic heterocycles. The summed E-state index contributed by atoms with van der Waals surface area (Å²) in [6.45, 7) is 1.98. The summed E-state index contributed by atoms with van der Waals surface area (Å²) in [5.74, 6) is -0.393. The molecule has 8 nitrogen and oxygen atoms in total. The molecule has 2 rings (SSSR count). The van der Waals surface area contributed by atoms with Gasteiger partial charge in [0.05, 0.1) is 12.2 Å². The van der Waals surface area contributed by atoms with Crippen molar-refractivity contribution in [1.29, 1.82) is 0 Å². The van der Waals surface area contributed by atoms with Crippen molar-refractivity contribution in [3.63, 3.8) is 0 Å². The van der Waals surface area contributed by atoms with Crippen LogP contribution in [-0.4, -0.2) is 32.9 Å². The van der Waals surface area contributed by atoms with Crippen molar-refractivity contribution < 1.29 is 14.6 Å². The van der Waals surface area contributed by atoms with Crippen molar-refractivity contribution >= 4 is 17.6 Å². The average Bonchev–Trinajstić information content (AvgIpc) is 2.91. The van der Waals surface area contributed by atoms with Gasteiger partial charge in [0.1, 0.15) is 17.8 Å². The SMILES string of the molecule is CCOC(=O)c1ccc(O)c(N=Nc2ncn[nH]2)c1. The Kier molecular flexibility index (Phi) is 3.81. The van der Waals surface area contributed by atoms with Crippen LogP contribution in [0.25, 0.3) is 0 Å². The molecule has 0 aliphatic rings. The molecule has 1 heterocycles. The minimum Gasteiger partial charge on any atom is -0.506 e. The number of nitrogens with zero attached hydrogens (tertiary/aromatic N) is 4. The number of ether oxygens (including phenoxy) is 1. The molecule has 0 amide bonds. The zero-order chi connectivity index (χ0) is 13.7. The smallest absolute Gasteiger partial charge is 0.338 e. The Labute approximate surface area is 108 Å². The summed E-state index contributed by atoms with van der Waals surface area (Å²) in [4.78, 5) is 15.3. The summed E-state index contributed by atoms with van der Waals surface area (Å²) in [6, 6.07) is 4.18. The number of phenols is 1. The number of phenolic OH excluding ortho intramolecular Hbond substituents is 1. The molecular formula is C11H11N5O3. The normalized spacial score (nSPS) is 10.8. The van der Waals surface area contributed by atoms with Crippen molar-refractivity contribution in [2.24, 2.45) is 10.2 Å². The highest BCUT2D eigenvalue weighted by Crippen LogP contribution is 2.28. The first-order chi connectivity index (χ1) is 9.20. The van der Waals surface area contributed by atoms with Crippen LogP contribution in [0.3, 0.4) is 0 Å². The van der Waals surface area contributed by atoms with Crippen LogP contribution < -0.4 is 0 Å². The minimum absolute atomic E-state index is 0.101. The van der Waals surface area contributed by atoms with Crippen LogP contribution >= 0.6 is 0 Å². The fraction of sp³-hybridized carbons (Fsp3) is 0.182. The van der Waals surface area contributed by atoms with E-state index in [1.165, 1.54) is 24.5 Å². The van der Waals surface area contributed by atoms with Crippen LogP contribution in [-0.2, 0) is 4.74 Å². The molecule has 0 bridgehead atoms. The molecule has 0 atom stereocenters. The number of aromatic nitrogens is 3. The second-order valence-electron chi connectivity index (χ2n) is 3.43. The fourth-order valence-electron chi connectivity index (χ4n) is 1.29. The number of azo groups is 1. The Morgan fingerprint density at radius 2 is 2.32 bits per heavy atom. The van der Waals surface area contributed by atoms with E-state index < -0.39 is 5.97 Å². The van der Waals surface area contributed by atoms with E-state index in [2.05, 4.69) is 25.4 Å². The van der Waals surface area contributed by atoms with E-state index in [1.54, 1.807) is 6.92 Å². The maximum absolute atomic E-state index is 11.5.